The zero-order chi connectivity index (χ0) is 15.3. The second kappa shape index (κ2) is 6.52. The number of aryl methyl sites for hydroxylation is 1. The molecule has 0 aliphatic carbocycles. The van der Waals surface area contributed by atoms with Crippen LogP contribution in [0.5, 0.6) is 0 Å². The van der Waals surface area contributed by atoms with Crippen molar-refractivity contribution < 1.29 is 18.3 Å². The molecule has 0 aliphatic heterocycles. The number of rotatable bonds is 4. The van der Waals surface area contributed by atoms with E-state index in [1.54, 1.807) is 19.1 Å². The number of carbonyl (C=O) groups is 1. The van der Waals surface area contributed by atoms with Gasteiger partial charge in [-0.3, -0.25) is 4.79 Å². The Morgan fingerprint density at radius 3 is 2.65 bits per heavy atom. The van der Waals surface area contributed by atoms with Crippen LogP contribution in [0.4, 0.5) is 0 Å². The zero-order valence-corrected chi connectivity index (χ0v) is 12.1. The van der Waals surface area contributed by atoms with E-state index in [2.05, 4.69) is 11.8 Å². The van der Waals surface area contributed by atoms with Gasteiger partial charge in [0.05, 0.1) is 11.4 Å². The van der Waals surface area contributed by atoms with Gasteiger partial charge < -0.3 is 10.8 Å². The fraction of sp³-hybridized carbons (Fsp3) is 0.308. The number of carbonyl (C=O) groups excluding carboxylic acids is 1. The van der Waals surface area contributed by atoms with Crippen molar-refractivity contribution >= 4 is 15.9 Å². The molecular formula is C13H16N2O4S. The molecular weight excluding hydrogens is 280 g/mol. The van der Waals surface area contributed by atoms with E-state index in [9.17, 15) is 13.2 Å². The van der Waals surface area contributed by atoms with E-state index < -0.39 is 22.5 Å². The number of nitrogens with zero attached hydrogens (tertiary/aromatic N) is 1. The van der Waals surface area contributed by atoms with Gasteiger partial charge in [0.15, 0.2) is 0 Å². The van der Waals surface area contributed by atoms with Gasteiger partial charge in [0.1, 0.15) is 6.61 Å². The normalized spacial score (nSPS) is 11.0. The van der Waals surface area contributed by atoms with Crippen LogP contribution in [-0.4, -0.2) is 43.9 Å². The summed E-state index contributed by atoms with van der Waals surface area (Å²) in [6.07, 6.45) is 0. The van der Waals surface area contributed by atoms with Crippen LogP contribution in [0.2, 0.25) is 0 Å². The predicted molar refractivity (Wildman–Crippen MR) is 74.2 cm³/mol. The summed E-state index contributed by atoms with van der Waals surface area (Å²) in [6, 6.07) is 4.68. The van der Waals surface area contributed by atoms with Crippen LogP contribution in [0, 0.1) is 18.8 Å². The summed E-state index contributed by atoms with van der Waals surface area (Å²) >= 11 is 0. The van der Waals surface area contributed by atoms with Gasteiger partial charge >= 0.3 is 0 Å². The highest BCUT2D eigenvalue weighted by molar-refractivity contribution is 7.89. The molecule has 1 rings (SSSR count). The predicted octanol–water partition coefficient (Wildman–Crippen LogP) is -0.555. The van der Waals surface area contributed by atoms with Crippen LogP contribution in [0.15, 0.2) is 23.1 Å². The first-order valence-corrected chi connectivity index (χ1v) is 7.18. The largest absolute Gasteiger partial charge is 0.384 e. The molecule has 108 valence electrons. The van der Waals surface area contributed by atoms with Gasteiger partial charge in [-0.25, -0.2) is 8.42 Å². The van der Waals surface area contributed by atoms with E-state index in [0.29, 0.717) is 11.1 Å². The minimum Gasteiger partial charge on any atom is -0.384 e. The Balaban J connectivity index is 3.26. The number of nitrogens with two attached hydrogens (primary N) is 1. The number of primary amides is 1. The van der Waals surface area contributed by atoms with Crippen LogP contribution < -0.4 is 5.73 Å². The maximum atomic E-state index is 12.3. The lowest BCUT2D eigenvalue weighted by Crippen LogP contribution is -2.35. The molecule has 7 heteroatoms. The van der Waals surface area contributed by atoms with Gasteiger partial charge in [-0.15, -0.1) is 0 Å². The zero-order valence-electron chi connectivity index (χ0n) is 11.3. The first-order valence-electron chi connectivity index (χ1n) is 5.74. The molecule has 1 amide bonds. The van der Waals surface area contributed by atoms with Crippen LogP contribution in [0.1, 0.15) is 11.1 Å². The molecule has 0 fully saturated rings. The second-order valence-electron chi connectivity index (χ2n) is 4.17. The molecule has 0 atom stereocenters. The number of aliphatic hydroxyl groups excluding tert-OH is 1. The SMILES string of the molecule is Cc1ccc(C#CCO)cc1S(=O)(=O)N(C)CC(N)=O. The van der Waals surface area contributed by atoms with Crippen molar-refractivity contribution in [3.05, 3.63) is 29.3 Å². The van der Waals surface area contributed by atoms with E-state index in [0.717, 1.165) is 4.31 Å². The third-order valence-corrected chi connectivity index (χ3v) is 4.51. The first kappa shape index (κ1) is 16.2. The topological polar surface area (TPSA) is 101 Å². The maximum absolute atomic E-state index is 12.3. The summed E-state index contributed by atoms with van der Waals surface area (Å²) < 4.78 is 25.6. The maximum Gasteiger partial charge on any atom is 0.243 e. The molecule has 0 bridgehead atoms. The molecule has 1 aromatic carbocycles. The molecule has 0 aliphatic rings. The Bertz CT molecular complexity index is 671. The van der Waals surface area contributed by atoms with E-state index in [-0.39, 0.29) is 11.5 Å². The molecule has 0 heterocycles. The highest BCUT2D eigenvalue weighted by atomic mass is 32.2. The monoisotopic (exact) mass is 296 g/mol. The Kier molecular flexibility index (Phi) is 5.27. The van der Waals surface area contributed by atoms with Crippen molar-refractivity contribution in [1.82, 2.24) is 4.31 Å². The molecule has 0 saturated carbocycles. The fourth-order valence-electron chi connectivity index (χ4n) is 1.57. The van der Waals surface area contributed by atoms with E-state index >= 15 is 0 Å². The smallest absolute Gasteiger partial charge is 0.243 e. The Morgan fingerprint density at radius 1 is 1.45 bits per heavy atom. The molecule has 6 nitrogen and oxygen atoms in total. The highest BCUT2D eigenvalue weighted by Crippen LogP contribution is 2.20. The molecule has 1 aromatic rings. The second-order valence-corrected chi connectivity index (χ2v) is 6.18. The lowest BCUT2D eigenvalue weighted by molar-refractivity contribution is -0.118. The average Bonchev–Trinajstić information content (AvgIpc) is 2.36. The number of likely N-dealkylation sites (N-methyl/N-ethyl adjacent to an activating group) is 1. The van der Waals surface area contributed by atoms with Crippen LogP contribution in [-0.2, 0) is 14.8 Å². The van der Waals surface area contributed by atoms with E-state index in [1.165, 1.54) is 13.1 Å². The molecule has 0 spiro atoms. The number of sulfonamides is 1. The first-order chi connectivity index (χ1) is 9.28. The molecule has 20 heavy (non-hydrogen) atoms. The van der Waals surface area contributed by atoms with Crippen molar-refractivity contribution in [2.75, 3.05) is 20.2 Å². The fourth-order valence-corrected chi connectivity index (χ4v) is 2.95. The third kappa shape index (κ3) is 3.81. The standard InChI is InChI=1S/C13H16N2O4S/c1-10-5-6-11(4-3-7-16)8-12(10)20(18,19)15(2)9-13(14)17/h5-6,8,16H,7,9H2,1-2H3,(H2,14,17). The number of benzene rings is 1. The van der Waals surface area contributed by atoms with Crippen molar-refractivity contribution in [2.45, 2.75) is 11.8 Å². The van der Waals surface area contributed by atoms with Crippen molar-refractivity contribution in [2.24, 2.45) is 5.73 Å². The summed E-state index contributed by atoms with van der Waals surface area (Å²) in [7, 11) is -2.53. The number of aliphatic hydroxyl groups is 1. The Morgan fingerprint density at radius 2 is 2.10 bits per heavy atom. The third-order valence-electron chi connectivity index (χ3n) is 2.57. The highest BCUT2D eigenvalue weighted by Gasteiger charge is 2.24. The molecule has 0 radical (unpaired) electrons. The van der Waals surface area contributed by atoms with Gasteiger partial charge in [0.2, 0.25) is 15.9 Å². The van der Waals surface area contributed by atoms with Crippen LogP contribution in [0.3, 0.4) is 0 Å². The lowest BCUT2D eigenvalue weighted by atomic mass is 10.1. The minimum atomic E-state index is -3.81. The van der Waals surface area contributed by atoms with Crippen molar-refractivity contribution in [3.8, 4) is 11.8 Å². The molecule has 0 aromatic heterocycles. The number of amides is 1. The molecule has 0 saturated heterocycles. The quantitative estimate of drug-likeness (QED) is 0.728. The van der Waals surface area contributed by atoms with Gasteiger partial charge in [0, 0.05) is 12.6 Å². The van der Waals surface area contributed by atoms with Crippen molar-refractivity contribution in [3.63, 3.8) is 0 Å². The van der Waals surface area contributed by atoms with Gasteiger partial charge in [-0.2, -0.15) is 4.31 Å². The number of hydrogen-bond donors (Lipinski definition) is 2. The van der Waals surface area contributed by atoms with E-state index in [4.69, 9.17) is 10.8 Å². The Hall–Kier alpha value is -1.88. The van der Waals surface area contributed by atoms with Crippen molar-refractivity contribution in [1.29, 1.82) is 0 Å². The van der Waals surface area contributed by atoms with Gasteiger partial charge in [-0.1, -0.05) is 17.9 Å². The van der Waals surface area contributed by atoms with Gasteiger partial charge in [0.25, 0.3) is 0 Å². The summed E-state index contributed by atoms with van der Waals surface area (Å²) in [5, 5.41) is 8.65. The lowest BCUT2D eigenvalue weighted by Gasteiger charge is -2.17. The Labute approximate surface area is 118 Å². The molecule has 0 unspecified atom stereocenters. The molecule has 3 N–H and O–H groups in total. The average molecular weight is 296 g/mol. The number of hydrogen-bond acceptors (Lipinski definition) is 4. The summed E-state index contributed by atoms with van der Waals surface area (Å²) in [5.74, 6) is 4.35. The summed E-state index contributed by atoms with van der Waals surface area (Å²) in [4.78, 5) is 10.9. The van der Waals surface area contributed by atoms with Crippen LogP contribution >= 0.6 is 0 Å². The van der Waals surface area contributed by atoms with Crippen LogP contribution in [0.25, 0.3) is 0 Å². The van der Waals surface area contributed by atoms with E-state index in [1.807, 2.05) is 0 Å². The minimum absolute atomic E-state index is 0.0611. The summed E-state index contributed by atoms with van der Waals surface area (Å²) in [6.45, 7) is 0.945. The van der Waals surface area contributed by atoms with Gasteiger partial charge in [-0.05, 0) is 24.6 Å². The summed E-state index contributed by atoms with van der Waals surface area (Å²) in [5.41, 5.74) is 6.01.